The van der Waals surface area contributed by atoms with Gasteiger partial charge in [0, 0.05) is 18.7 Å². The minimum absolute atomic E-state index is 0.364. The van der Waals surface area contributed by atoms with Gasteiger partial charge in [0.05, 0.1) is 6.61 Å². The first-order valence-electron chi connectivity index (χ1n) is 8.10. The number of nitrogens with zero attached hydrogens (tertiary/aromatic N) is 3. The SMILES string of the molecule is CCOc1ccc(-c2nc(C#N)c(N3CCC(C)CC3)o2)cc1. The maximum atomic E-state index is 9.36. The Balaban J connectivity index is 1.85. The van der Waals surface area contributed by atoms with Gasteiger partial charge < -0.3 is 14.1 Å². The Kier molecular flexibility index (Phi) is 4.52. The molecule has 0 unspecified atom stereocenters. The minimum Gasteiger partial charge on any atom is -0.494 e. The van der Waals surface area contributed by atoms with Gasteiger partial charge in [0.1, 0.15) is 11.8 Å². The lowest BCUT2D eigenvalue weighted by atomic mass is 9.99. The molecule has 3 rings (SSSR count). The number of nitriles is 1. The molecule has 0 N–H and O–H groups in total. The maximum absolute atomic E-state index is 9.36. The summed E-state index contributed by atoms with van der Waals surface area (Å²) in [5, 5.41) is 9.36. The van der Waals surface area contributed by atoms with Gasteiger partial charge in [0.25, 0.3) is 0 Å². The molecule has 1 aliphatic heterocycles. The Bertz CT molecular complexity index is 692. The number of aromatic nitrogens is 1. The predicted molar refractivity (Wildman–Crippen MR) is 88.4 cm³/mol. The summed E-state index contributed by atoms with van der Waals surface area (Å²) in [6, 6.07) is 9.73. The highest BCUT2D eigenvalue weighted by Gasteiger charge is 2.24. The van der Waals surface area contributed by atoms with Crippen LogP contribution in [-0.4, -0.2) is 24.7 Å². The number of hydrogen-bond donors (Lipinski definition) is 0. The average molecular weight is 311 g/mol. The molecule has 1 aromatic heterocycles. The van der Waals surface area contributed by atoms with E-state index in [9.17, 15) is 5.26 Å². The second kappa shape index (κ2) is 6.74. The largest absolute Gasteiger partial charge is 0.494 e. The van der Waals surface area contributed by atoms with E-state index in [1.165, 1.54) is 0 Å². The Morgan fingerprint density at radius 2 is 2.00 bits per heavy atom. The van der Waals surface area contributed by atoms with Crippen LogP contribution in [0.3, 0.4) is 0 Å². The topological polar surface area (TPSA) is 62.3 Å². The second-order valence-corrected chi connectivity index (χ2v) is 5.91. The maximum Gasteiger partial charge on any atom is 0.235 e. The van der Waals surface area contributed by atoms with Gasteiger partial charge >= 0.3 is 0 Å². The standard InChI is InChI=1S/C18H21N3O2/c1-3-22-15-6-4-14(5-7-15)17-20-16(12-19)18(23-17)21-10-8-13(2)9-11-21/h4-7,13H,3,8-11H2,1-2H3. The molecule has 0 amide bonds. The minimum atomic E-state index is 0.364. The smallest absolute Gasteiger partial charge is 0.235 e. The Morgan fingerprint density at radius 1 is 1.30 bits per heavy atom. The van der Waals surface area contributed by atoms with E-state index in [0.717, 1.165) is 43.2 Å². The summed E-state index contributed by atoms with van der Waals surface area (Å²) in [5.74, 6) is 2.63. The van der Waals surface area contributed by atoms with Crippen LogP contribution in [0.1, 0.15) is 32.4 Å². The van der Waals surface area contributed by atoms with Crippen molar-refractivity contribution in [3.63, 3.8) is 0 Å². The van der Waals surface area contributed by atoms with Crippen LogP contribution in [-0.2, 0) is 0 Å². The summed E-state index contributed by atoms with van der Waals surface area (Å²) in [6.45, 7) is 6.66. The van der Waals surface area contributed by atoms with E-state index >= 15 is 0 Å². The van der Waals surface area contributed by atoms with Crippen molar-refractivity contribution in [2.24, 2.45) is 5.92 Å². The number of benzene rings is 1. The van der Waals surface area contributed by atoms with Crippen molar-refractivity contribution in [2.75, 3.05) is 24.6 Å². The first kappa shape index (κ1) is 15.4. The quantitative estimate of drug-likeness (QED) is 0.858. The molecule has 0 saturated carbocycles. The first-order valence-corrected chi connectivity index (χ1v) is 8.10. The summed E-state index contributed by atoms with van der Waals surface area (Å²) in [7, 11) is 0. The Labute approximate surface area is 136 Å². The highest BCUT2D eigenvalue weighted by Crippen LogP contribution is 2.31. The molecule has 5 heteroatoms. The zero-order chi connectivity index (χ0) is 16.2. The Morgan fingerprint density at radius 3 is 2.61 bits per heavy atom. The summed E-state index contributed by atoms with van der Waals surface area (Å²) in [5.41, 5.74) is 1.21. The third kappa shape index (κ3) is 3.31. The third-order valence-corrected chi connectivity index (χ3v) is 4.20. The molecule has 1 fully saturated rings. The molecular formula is C18H21N3O2. The molecule has 0 aliphatic carbocycles. The molecule has 5 nitrogen and oxygen atoms in total. The fourth-order valence-electron chi connectivity index (χ4n) is 2.79. The molecule has 1 saturated heterocycles. The van der Waals surface area contributed by atoms with Gasteiger partial charge in [-0.05, 0) is 49.9 Å². The van der Waals surface area contributed by atoms with Crippen LogP contribution in [0.15, 0.2) is 28.7 Å². The van der Waals surface area contributed by atoms with Crippen molar-refractivity contribution in [3.05, 3.63) is 30.0 Å². The van der Waals surface area contributed by atoms with Crippen molar-refractivity contribution >= 4 is 5.88 Å². The zero-order valence-corrected chi connectivity index (χ0v) is 13.6. The van der Waals surface area contributed by atoms with E-state index in [1.54, 1.807) is 0 Å². The van der Waals surface area contributed by atoms with Crippen LogP contribution in [0.2, 0.25) is 0 Å². The van der Waals surface area contributed by atoms with E-state index in [0.29, 0.717) is 24.1 Å². The lowest BCUT2D eigenvalue weighted by molar-refractivity contribution is 0.340. The van der Waals surface area contributed by atoms with Crippen LogP contribution in [0.25, 0.3) is 11.5 Å². The van der Waals surface area contributed by atoms with Crippen LogP contribution < -0.4 is 9.64 Å². The molecular weight excluding hydrogens is 290 g/mol. The predicted octanol–water partition coefficient (Wildman–Crippen LogP) is 3.85. The molecule has 0 bridgehead atoms. The molecule has 23 heavy (non-hydrogen) atoms. The van der Waals surface area contributed by atoms with Gasteiger partial charge in [-0.1, -0.05) is 6.92 Å². The molecule has 0 atom stereocenters. The van der Waals surface area contributed by atoms with Gasteiger partial charge in [-0.25, -0.2) is 0 Å². The van der Waals surface area contributed by atoms with Gasteiger partial charge in [-0.3, -0.25) is 0 Å². The van der Waals surface area contributed by atoms with Crippen LogP contribution in [0, 0.1) is 17.2 Å². The monoisotopic (exact) mass is 311 g/mol. The zero-order valence-electron chi connectivity index (χ0n) is 13.6. The third-order valence-electron chi connectivity index (χ3n) is 4.20. The fourth-order valence-corrected chi connectivity index (χ4v) is 2.79. The van der Waals surface area contributed by atoms with Crippen LogP contribution >= 0.6 is 0 Å². The van der Waals surface area contributed by atoms with E-state index in [-0.39, 0.29) is 0 Å². The van der Waals surface area contributed by atoms with Crippen molar-refractivity contribution in [1.82, 2.24) is 4.98 Å². The highest BCUT2D eigenvalue weighted by atomic mass is 16.5. The summed E-state index contributed by atoms with van der Waals surface area (Å²) in [4.78, 5) is 6.49. The van der Waals surface area contributed by atoms with Gasteiger partial charge in [-0.2, -0.15) is 10.2 Å². The summed E-state index contributed by atoms with van der Waals surface area (Å²) in [6.07, 6.45) is 2.23. The van der Waals surface area contributed by atoms with Crippen molar-refractivity contribution in [1.29, 1.82) is 5.26 Å². The molecule has 0 spiro atoms. The van der Waals surface area contributed by atoms with Gasteiger partial charge in [-0.15, -0.1) is 0 Å². The molecule has 1 aromatic carbocycles. The van der Waals surface area contributed by atoms with Crippen molar-refractivity contribution in [3.8, 4) is 23.3 Å². The average Bonchev–Trinajstić information content (AvgIpc) is 3.01. The number of piperidine rings is 1. The first-order chi connectivity index (χ1) is 11.2. The van der Waals surface area contributed by atoms with Crippen LogP contribution in [0.4, 0.5) is 5.88 Å². The van der Waals surface area contributed by atoms with E-state index in [1.807, 2.05) is 31.2 Å². The highest BCUT2D eigenvalue weighted by molar-refractivity contribution is 5.60. The van der Waals surface area contributed by atoms with E-state index in [4.69, 9.17) is 9.15 Å². The normalized spacial score (nSPS) is 15.4. The van der Waals surface area contributed by atoms with Crippen LogP contribution in [0.5, 0.6) is 5.75 Å². The van der Waals surface area contributed by atoms with Gasteiger partial charge in [0.15, 0.2) is 0 Å². The Hall–Kier alpha value is -2.48. The lowest BCUT2D eigenvalue weighted by Gasteiger charge is -2.29. The van der Waals surface area contributed by atoms with Crippen molar-refractivity contribution in [2.45, 2.75) is 26.7 Å². The van der Waals surface area contributed by atoms with Crippen molar-refractivity contribution < 1.29 is 9.15 Å². The number of rotatable bonds is 4. The van der Waals surface area contributed by atoms with E-state index in [2.05, 4.69) is 22.9 Å². The molecule has 120 valence electrons. The number of ether oxygens (including phenoxy) is 1. The lowest BCUT2D eigenvalue weighted by Crippen LogP contribution is -2.32. The molecule has 2 aromatic rings. The second-order valence-electron chi connectivity index (χ2n) is 5.91. The molecule has 0 radical (unpaired) electrons. The van der Waals surface area contributed by atoms with E-state index < -0.39 is 0 Å². The molecule has 1 aliphatic rings. The number of anilines is 1. The van der Waals surface area contributed by atoms with Gasteiger partial charge in [0.2, 0.25) is 17.5 Å². The number of oxazole rings is 1. The summed E-state index contributed by atoms with van der Waals surface area (Å²) >= 11 is 0. The fraction of sp³-hybridized carbons (Fsp3) is 0.444. The summed E-state index contributed by atoms with van der Waals surface area (Å²) < 4.78 is 11.4. The molecule has 2 heterocycles. The number of hydrogen-bond acceptors (Lipinski definition) is 5.